The van der Waals surface area contributed by atoms with Crippen LogP contribution in [-0.2, 0) is 0 Å². The van der Waals surface area contributed by atoms with Crippen molar-refractivity contribution < 1.29 is 14.2 Å². The molecule has 3 aromatic rings. The Kier molecular flexibility index (Phi) is 2.97. The Balaban J connectivity index is 1.68. The molecule has 0 atom stereocenters. The number of allylic oxidation sites excluding steroid dienone is 2. The van der Waals surface area contributed by atoms with Crippen molar-refractivity contribution in [2.75, 3.05) is 4.90 Å². The minimum Gasteiger partial charge on any atom is -0.453 e. The molecule has 0 saturated carbocycles. The number of nitrogens with zero attached hydrogens (tertiary/aromatic N) is 4. The number of ether oxygens (including phenoxy) is 3. The lowest BCUT2D eigenvalue weighted by Gasteiger charge is -2.41. The minimum atomic E-state index is -0.270. The van der Waals surface area contributed by atoms with Gasteiger partial charge in [0.2, 0.25) is 0 Å². The fourth-order valence-electron chi connectivity index (χ4n) is 3.97. The average molecular weight is 388 g/mol. The maximum Gasteiger partial charge on any atom is 0.156 e. The largest absolute Gasteiger partial charge is 0.453 e. The number of anilines is 3. The van der Waals surface area contributed by atoms with Crippen LogP contribution in [0.3, 0.4) is 0 Å². The van der Waals surface area contributed by atoms with Crippen LogP contribution in [0.5, 0.6) is 34.5 Å². The fourth-order valence-corrected chi connectivity index (χ4v) is 3.97. The Labute approximate surface area is 170 Å². The number of hydrogen-bond donors (Lipinski definition) is 0. The van der Waals surface area contributed by atoms with Crippen molar-refractivity contribution in [2.24, 2.45) is 0 Å². The summed E-state index contributed by atoms with van der Waals surface area (Å²) in [5.74, 6) is 3.42. The van der Waals surface area contributed by atoms with Gasteiger partial charge in [0.05, 0.1) is 5.57 Å². The molecule has 0 amide bonds. The van der Waals surface area contributed by atoms with Crippen molar-refractivity contribution in [2.45, 2.75) is 0 Å². The summed E-state index contributed by atoms with van der Waals surface area (Å²) in [6.07, 6.45) is 0. The van der Waals surface area contributed by atoms with Gasteiger partial charge in [0, 0.05) is 5.56 Å². The lowest BCUT2D eigenvalue weighted by atomic mass is 9.98. The van der Waals surface area contributed by atoms with Gasteiger partial charge in [-0.25, -0.2) is 0 Å². The molecular formula is C23H8N4O3. The average Bonchev–Trinajstić information content (AvgIpc) is 2.77. The second-order valence-corrected chi connectivity index (χ2v) is 6.75. The highest BCUT2D eigenvalue weighted by molar-refractivity contribution is 6.00. The van der Waals surface area contributed by atoms with Crippen LogP contribution in [0.15, 0.2) is 54.1 Å². The molecule has 3 aliphatic heterocycles. The number of benzene rings is 3. The van der Waals surface area contributed by atoms with Crippen LogP contribution in [0, 0.1) is 34.0 Å². The van der Waals surface area contributed by atoms with Gasteiger partial charge < -0.3 is 14.2 Å². The van der Waals surface area contributed by atoms with Gasteiger partial charge in [-0.15, -0.1) is 0 Å². The van der Waals surface area contributed by atoms with Gasteiger partial charge in [-0.3, -0.25) is 4.90 Å². The second-order valence-electron chi connectivity index (χ2n) is 6.75. The molecule has 0 fully saturated rings. The van der Waals surface area contributed by atoms with Gasteiger partial charge in [-0.05, 0) is 36.4 Å². The maximum atomic E-state index is 9.59. The van der Waals surface area contributed by atoms with Crippen molar-refractivity contribution in [1.82, 2.24) is 0 Å². The molecule has 0 radical (unpaired) electrons. The first-order chi connectivity index (χ1) is 14.7. The van der Waals surface area contributed by atoms with E-state index < -0.39 is 0 Å². The van der Waals surface area contributed by atoms with Gasteiger partial charge in [-0.2, -0.15) is 15.8 Å². The van der Waals surface area contributed by atoms with E-state index in [9.17, 15) is 15.8 Å². The summed E-state index contributed by atoms with van der Waals surface area (Å²) in [6, 6.07) is 19.9. The molecule has 0 saturated heterocycles. The van der Waals surface area contributed by atoms with E-state index in [4.69, 9.17) is 14.2 Å². The van der Waals surface area contributed by atoms with E-state index in [1.165, 1.54) is 0 Å². The number of nitriles is 3. The van der Waals surface area contributed by atoms with Crippen molar-refractivity contribution >= 4 is 22.6 Å². The van der Waals surface area contributed by atoms with Crippen LogP contribution < -0.4 is 19.1 Å². The van der Waals surface area contributed by atoms with E-state index in [-0.39, 0.29) is 11.1 Å². The van der Waals surface area contributed by atoms with Crippen LogP contribution in [0.1, 0.15) is 5.56 Å². The second kappa shape index (κ2) is 5.54. The Morgan fingerprint density at radius 3 is 1.50 bits per heavy atom. The first kappa shape index (κ1) is 16.1. The van der Waals surface area contributed by atoms with Gasteiger partial charge in [0.15, 0.2) is 34.5 Å². The number of rotatable bonds is 1. The minimum absolute atomic E-state index is 0.0349. The predicted molar refractivity (Wildman–Crippen MR) is 105 cm³/mol. The van der Waals surface area contributed by atoms with Crippen molar-refractivity contribution in [3.05, 3.63) is 59.7 Å². The summed E-state index contributed by atoms with van der Waals surface area (Å²) in [5, 5.41) is 28.1. The predicted octanol–water partition coefficient (Wildman–Crippen LogP) is 5.80. The zero-order valence-electron chi connectivity index (χ0n) is 15.1. The molecule has 6 rings (SSSR count). The lowest BCUT2D eigenvalue weighted by molar-refractivity contribution is 0.418. The van der Waals surface area contributed by atoms with Crippen LogP contribution in [-0.4, -0.2) is 0 Å². The Hall–Kier alpha value is -4.93. The van der Waals surface area contributed by atoms with E-state index in [1.54, 1.807) is 24.3 Å². The summed E-state index contributed by atoms with van der Waals surface area (Å²) in [4.78, 5) is 2.03. The summed E-state index contributed by atoms with van der Waals surface area (Å²) in [5.41, 5.74) is 2.29. The molecule has 0 unspecified atom stereocenters. The van der Waals surface area contributed by atoms with E-state index in [2.05, 4.69) is 0 Å². The molecule has 3 aliphatic rings. The van der Waals surface area contributed by atoms with Crippen molar-refractivity contribution in [3.8, 4) is 52.7 Å². The summed E-state index contributed by atoms with van der Waals surface area (Å²) in [7, 11) is 0. The molecule has 0 spiro atoms. The molecule has 7 heteroatoms. The van der Waals surface area contributed by atoms with Crippen LogP contribution in [0.25, 0.3) is 5.57 Å². The summed E-state index contributed by atoms with van der Waals surface area (Å²) < 4.78 is 18.3. The highest BCUT2D eigenvalue weighted by atomic mass is 16.5. The molecule has 30 heavy (non-hydrogen) atoms. The number of hydrogen-bond acceptors (Lipinski definition) is 7. The van der Waals surface area contributed by atoms with Gasteiger partial charge in [-0.1, -0.05) is 12.1 Å². The van der Waals surface area contributed by atoms with Crippen molar-refractivity contribution in [1.29, 1.82) is 15.8 Å². The molecule has 0 aromatic heterocycles. The standard InChI is InChI=1S/C23H8N4O3/c24-9-13(10-25)14(11-26)12-7-19-23-20(8-12)30-18-6-2-4-16-22(18)27(23)21-15(28-16)3-1-5-17(21)29-19/h1-8H. The molecule has 3 heterocycles. The molecule has 0 bridgehead atoms. The summed E-state index contributed by atoms with van der Waals surface area (Å²) in [6.45, 7) is 0. The fraction of sp³-hybridized carbons (Fsp3) is 0. The Bertz CT molecular complexity index is 1370. The van der Waals surface area contributed by atoms with Crippen LogP contribution >= 0.6 is 0 Å². The third kappa shape index (κ3) is 1.89. The van der Waals surface area contributed by atoms with E-state index in [0.29, 0.717) is 45.7 Å². The van der Waals surface area contributed by atoms with Crippen LogP contribution in [0.2, 0.25) is 0 Å². The highest BCUT2D eigenvalue weighted by Gasteiger charge is 2.41. The van der Waals surface area contributed by atoms with Gasteiger partial charge >= 0.3 is 0 Å². The molecule has 3 aromatic carbocycles. The van der Waals surface area contributed by atoms with Crippen molar-refractivity contribution in [3.63, 3.8) is 0 Å². The maximum absolute atomic E-state index is 9.59. The monoisotopic (exact) mass is 388 g/mol. The third-order valence-electron chi connectivity index (χ3n) is 5.17. The van der Waals surface area contributed by atoms with Gasteiger partial charge in [0.25, 0.3) is 0 Å². The highest BCUT2D eigenvalue weighted by Crippen LogP contribution is 2.66. The lowest BCUT2D eigenvalue weighted by Crippen LogP contribution is -2.24. The van der Waals surface area contributed by atoms with Crippen LogP contribution in [0.4, 0.5) is 17.1 Å². The first-order valence-corrected chi connectivity index (χ1v) is 8.96. The molecule has 7 nitrogen and oxygen atoms in total. The van der Waals surface area contributed by atoms with E-state index >= 15 is 0 Å². The topological polar surface area (TPSA) is 102 Å². The molecule has 0 N–H and O–H groups in total. The van der Waals surface area contributed by atoms with E-state index in [1.807, 2.05) is 47.4 Å². The quantitative estimate of drug-likeness (QED) is 0.328. The molecule has 0 aliphatic carbocycles. The van der Waals surface area contributed by atoms with Gasteiger partial charge in [0.1, 0.15) is 40.8 Å². The SMILES string of the molecule is N#CC(C#N)=C(C#N)c1cc2c3c(c1)Oc1cccc4c1N3c1c(cccc1O2)O4. The zero-order chi connectivity index (χ0) is 20.4. The summed E-state index contributed by atoms with van der Waals surface area (Å²) >= 11 is 0. The van der Waals surface area contributed by atoms with E-state index in [0.717, 1.165) is 11.4 Å². The normalized spacial score (nSPS) is 12.6. The molecular weight excluding hydrogens is 380 g/mol. The number of para-hydroxylation sites is 2. The zero-order valence-corrected chi connectivity index (χ0v) is 15.1. The smallest absolute Gasteiger partial charge is 0.156 e. The Morgan fingerprint density at radius 2 is 1.07 bits per heavy atom. The molecule has 138 valence electrons. The third-order valence-corrected chi connectivity index (χ3v) is 5.17. The first-order valence-electron chi connectivity index (χ1n) is 8.96. The Morgan fingerprint density at radius 1 is 0.633 bits per heavy atom.